The van der Waals surface area contributed by atoms with Crippen molar-refractivity contribution in [2.24, 2.45) is 0 Å². The summed E-state index contributed by atoms with van der Waals surface area (Å²) in [4.78, 5) is 2.62. The summed E-state index contributed by atoms with van der Waals surface area (Å²) in [6.45, 7) is 2.02. The van der Waals surface area contributed by atoms with Crippen molar-refractivity contribution in [3.05, 3.63) is 175 Å². The number of thiophene rings is 1. The average molecular weight is 795 g/mol. The van der Waals surface area contributed by atoms with Gasteiger partial charge in [0, 0.05) is 75.1 Å². The molecule has 0 atom stereocenters. The van der Waals surface area contributed by atoms with Crippen LogP contribution in [0.1, 0.15) is 5.56 Å². The zero-order valence-corrected chi connectivity index (χ0v) is 33.7. The van der Waals surface area contributed by atoms with Crippen molar-refractivity contribution in [3.8, 4) is 27.9 Å². The smallest absolute Gasteiger partial charge is 0.333 e. The van der Waals surface area contributed by atoms with Crippen molar-refractivity contribution >= 4 is 126 Å². The number of aryl methyl sites for hydroxylation is 1. The lowest BCUT2D eigenvalue weighted by Gasteiger charge is -2.42. The van der Waals surface area contributed by atoms with Crippen LogP contribution < -0.4 is 15.7 Å². The van der Waals surface area contributed by atoms with Gasteiger partial charge in [0.05, 0.1) is 11.0 Å². The molecule has 0 unspecified atom stereocenters. The molecular weight excluding hydrogens is 763 g/mol. The Morgan fingerprint density at radius 3 is 2.00 bits per heavy atom. The summed E-state index contributed by atoms with van der Waals surface area (Å²) >= 11 is 1.88. The number of rotatable bonds is 2. The van der Waals surface area contributed by atoms with Crippen molar-refractivity contribution in [2.45, 2.75) is 6.92 Å². The molecule has 4 aromatic heterocycles. The fourth-order valence-corrected chi connectivity index (χ4v) is 12.2. The Hall–Kier alpha value is -7.54. The predicted molar refractivity (Wildman–Crippen MR) is 257 cm³/mol. The maximum absolute atomic E-state index is 6.71. The van der Waals surface area contributed by atoms with Crippen molar-refractivity contribution in [3.63, 3.8) is 0 Å². The number of nitrogens with zero attached hydrogens (tertiary/aromatic N) is 2. The SMILES string of the molecule is Cc1ccc(N2B3c4cc5oc6ccccc6c5cc4-n4c5ccccc5c5c(-c6ccc7c(c6)oc6ccccc67)cc(c3c54)-c3c2ccc2sc4ccccc4c32)cc1. The minimum absolute atomic E-state index is 0.147. The van der Waals surface area contributed by atoms with E-state index in [1.54, 1.807) is 0 Å². The number of para-hydroxylation sites is 3. The number of fused-ring (bicyclic) bond motifs is 18. The van der Waals surface area contributed by atoms with Crippen LogP contribution in [0.15, 0.2) is 179 Å². The highest BCUT2D eigenvalue weighted by Gasteiger charge is 2.45. The molecule has 282 valence electrons. The molecule has 0 radical (unpaired) electrons. The lowest BCUT2D eigenvalue weighted by Crippen LogP contribution is -2.60. The van der Waals surface area contributed by atoms with Gasteiger partial charge in [-0.15, -0.1) is 11.3 Å². The summed E-state index contributed by atoms with van der Waals surface area (Å²) in [5.41, 5.74) is 18.3. The van der Waals surface area contributed by atoms with Crippen molar-refractivity contribution in [2.75, 3.05) is 4.81 Å². The van der Waals surface area contributed by atoms with E-state index in [2.05, 4.69) is 180 Å². The summed E-state index contributed by atoms with van der Waals surface area (Å²) < 4.78 is 18.5. The van der Waals surface area contributed by atoms with Crippen LogP contribution in [-0.2, 0) is 0 Å². The zero-order valence-electron chi connectivity index (χ0n) is 32.9. The van der Waals surface area contributed by atoms with Gasteiger partial charge in [-0.2, -0.15) is 0 Å². The lowest BCUT2D eigenvalue weighted by molar-refractivity contribution is 0.669. The van der Waals surface area contributed by atoms with Crippen LogP contribution >= 0.6 is 11.3 Å². The third-order valence-electron chi connectivity index (χ3n) is 13.6. The summed E-state index contributed by atoms with van der Waals surface area (Å²) in [6, 6.07) is 62.6. The second-order valence-electron chi connectivity index (χ2n) is 16.8. The van der Waals surface area contributed by atoms with Crippen LogP contribution in [0.3, 0.4) is 0 Å². The molecule has 6 heteroatoms. The molecule has 9 aromatic carbocycles. The highest BCUT2D eigenvalue weighted by atomic mass is 32.1. The van der Waals surface area contributed by atoms with Gasteiger partial charge in [-0.1, -0.05) is 96.6 Å². The predicted octanol–water partition coefficient (Wildman–Crippen LogP) is 14.2. The second kappa shape index (κ2) is 11.4. The van der Waals surface area contributed by atoms with Crippen molar-refractivity contribution in [1.82, 2.24) is 4.57 Å². The van der Waals surface area contributed by atoms with Crippen LogP contribution in [0.5, 0.6) is 0 Å². The van der Waals surface area contributed by atoms with Crippen molar-refractivity contribution in [1.29, 1.82) is 0 Å². The van der Waals surface area contributed by atoms with E-state index >= 15 is 0 Å². The molecule has 61 heavy (non-hydrogen) atoms. The van der Waals surface area contributed by atoms with Gasteiger partial charge in [-0.05, 0) is 113 Å². The third-order valence-corrected chi connectivity index (χ3v) is 14.8. The van der Waals surface area contributed by atoms with Crippen LogP contribution in [0.25, 0.3) is 114 Å². The molecule has 0 N–H and O–H groups in total. The fourth-order valence-electron chi connectivity index (χ4n) is 11.1. The molecule has 4 nitrogen and oxygen atoms in total. The highest BCUT2D eigenvalue weighted by molar-refractivity contribution is 7.26. The molecule has 15 rings (SSSR count). The summed E-state index contributed by atoms with van der Waals surface area (Å²) in [6.07, 6.45) is 0. The molecule has 6 heterocycles. The molecule has 0 saturated carbocycles. The minimum atomic E-state index is -0.147. The molecule has 0 fully saturated rings. The highest BCUT2D eigenvalue weighted by Crippen LogP contribution is 2.53. The molecular formula is C55H31BN2O2S. The van der Waals surface area contributed by atoms with Gasteiger partial charge in [0.2, 0.25) is 0 Å². The molecule has 0 saturated heterocycles. The molecule has 0 spiro atoms. The first kappa shape index (κ1) is 32.3. The number of hydrogen-bond acceptors (Lipinski definition) is 4. The normalized spacial score (nSPS) is 13.3. The van der Waals surface area contributed by atoms with E-state index in [0.717, 1.165) is 55.1 Å². The fraction of sp³-hybridized carbons (Fsp3) is 0.0182. The summed E-state index contributed by atoms with van der Waals surface area (Å²) in [5.74, 6) is 0. The zero-order chi connectivity index (χ0) is 39.7. The van der Waals surface area contributed by atoms with Gasteiger partial charge in [-0.3, -0.25) is 0 Å². The Bertz CT molecular complexity index is 4090. The number of benzene rings is 9. The van der Waals surface area contributed by atoms with Crippen molar-refractivity contribution < 1.29 is 8.83 Å². The number of anilines is 2. The first-order valence-electron chi connectivity index (χ1n) is 20.9. The van der Waals surface area contributed by atoms with Crippen LogP contribution in [-0.4, -0.2) is 11.4 Å². The molecule has 2 aliphatic rings. The molecule has 0 aliphatic carbocycles. The molecule has 0 bridgehead atoms. The third kappa shape index (κ3) is 4.10. The van der Waals surface area contributed by atoms with E-state index in [9.17, 15) is 0 Å². The Kier molecular flexibility index (Phi) is 6.04. The number of furan rings is 2. The molecule has 13 aromatic rings. The monoisotopic (exact) mass is 794 g/mol. The van der Waals surface area contributed by atoms with Gasteiger partial charge in [-0.25, -0.2) is 0 Å². The van der Waals surface area contributed by atoms with Gasteiger partial charge < -0.3 is 18.2 Å². The van der Waals surface area contributed by atoms with Crippen LogP contribution in [0.4, 0.5) is 11.4 Å². The van der Waals surface area contributed by atoms with E-state index in [4.69, 9.17) is 8.83 Å². The Balaban J connectivity index is 1.17. The number of hydrogen-bond donors (Lipinski definition) is 0. The van der Waals surface area contributed by atoms with Gasteiger partial charge >= 0.3 is 6.85 Å². The standard InChI is InChI=1S/C55H31BN2O2S/c1-30-18-21-32(22-19-30)58-43-24-25-50-53(37-13-5-9-17-49(37)61-50)52(43)40-27-38(31-20-23-35-33-10-3-7-15-45(33)59-47(35)26-31)51-36-12-2-6-14-42(36)57-44-28-39-34-11-4-8-16-46(34)60-48(39)29-41(44)56(58)54(40)55(51)57/h2-29H,1H3. The Morgan fingerprint density at radius 2 is 1.18 bits per heavy atom. The Labute approximate surface area is 353 Å². The maximum atomic E-state index is 6.71. The van der Waals surface area contributed by atoms with Gasteiger partial charge in [0.25, 0.3) is 0 Å². The average Bonchev–Trinajstić information content (AvgIpc) is 4.07. The number of aromatic nitrogens is 1. The van der Waals surface area contributed by atoms with E-state index < -0.39 is 0 Å². The second-order valence-corrected chi connectivity index (χ2v) is 17.9. The first-order chi connectivity index (χ1) is 30.2. The van der Waals surface area contributed by atoms with E-state index in [1.807, 2.05) is 17.4 Å². The van der Waals surface area contributed by atoms with E-state index in [0.29, 0.717) is 0 Å². The quantitative estimate of drug-likeness (QED) is 0.164. The van der Waals surface area contributed by atoms with Gasteiger partial charge in [0.15, 0.2) is 0 Å². The minimum Gasteiger partial charge on any atom is -0.456 e. The van der Waals surface area contributed by atoms with E-state index in [1.165, 1.54) is 86.5 Å². The van der Waals surface area contributed by atoms with Crippen LogP contribution in [0, 0.1) is 6.92 Å². The first-order valence-corrected chi connectivity index (χ1v) is 21.8. The van der Waals surface area contributed by atoms with Gasteiger partial charge in [0.1, 0.15) is 22.3 Å². The summed E-state index contributed by atoms with van der Waals surface area (Å²) in [5, 5.41) is 9.61. The lowest BCUT2D eigenvalue weighted by atomic mass is 9.43. The topological polar surface area (TPSA) is 34.5 Å². The van der Waals surface area contributed by atoms with Crippen LogP contribution in [0.2, 0.25) is 0 Å². The maximum Gasteiger partial charge on any atom is 0.333 e. The molecule has 2 aliphatic heterocycles. The summed E-state index contributed by atoms with van der Waals surface area (Å²) in [7, 11) is 0. The van der Waals surface area contributed by atoms with E-state index in [-0.39, 0.29) is 6.85 Å². The molecule has 0 amide bonds. The Morgan fingerprint density at radius 1 is 0.492 bits per heavy atom. The largest absolute Gasteiger partial charge is 0.456 e.